The summed E-state index contributed by atoms with van der Waals surface area (Å²) in [6.45, 7) is 5.49. The lowest BCUT2D eigenvalue weighted by Crippen LogP contribution is -2.26. The Kier molecular flexibility index (Phi) is 6.16. The highest BCUT2D eigenvalue weighted by Gasteiger charge is 2.13. The van der Waals surface area contributed by atoms with Crippen molar-refractivity contribution in [3.8, 4) is 0 Å². The van der Waals surface area contributed by atoms with Crippen molar-refractivity contribution in [3.05, 3.63) is 12.2 Å². The van der Waals surface area contributed by atoms with Crippen molar-refractivity contribution in [1.29, 1.82) is 0 Å². The lowest BCUT2D eigenvalue weighted by Gasteiger charge is -2.10. The van der Waals surface area contributed by atoms with Crippen LogP contribution in [0.15, 0.2) is 12.2 Å². The Bertz CT molecular complexity index is 236. The number of allylic oxidation sites excluding steroid dienone is 2. The molecule has 1 atom stereocenters. The Labute approximate surface area is 98.2 Å². The van der Waals surface area contributed by atoms with Crippen LogP contribution in [0.4, 0.5) is 0 Å². The maximum atomic E-state index is 11.5. The van der Waals surface area contributed by atoms with Gasteiger partial charge in [0.1, 0.15) is 0 Å². The molecule has 0 fully saturated rings. The van der Waals surface area contributed by atoms with E-state index in [4.69, 9.17) is 4.74 Å². The van der Waals surface area contributed by atoms with Gasteiger partial charge in [0, 0.05) is 19.6 Å². The van der Waals surface area contributed by atoms with Crippen LogP contribution in [0.1, 0.15) is 39.5 Å². The number of nitrogens with one attached hydrogen (secondary N) is 1. The van der Waals surface area contributed by atoms with Gasteiger partial charge in [0.15, 0.2) is 0 Å². The summed E-state index contributed by atoms with van der Waals surface area (Å²) in [4.78, 5) is 11.5. The minimum atomic E-state index is 0.168. The largest absolute Gasteiger partial charge is 0.379 e. The van der Waals surface area contributed by atoms with Crippen LogP contribution in [0, 0.1) is 5.92 Å². The SMILES string of the molecule is CC(C)OCCCNC(=O)CC1C=CCC1. The second-order valence-electron chi connectivity index (χ2n) is 4.59. The molecule has 0 aromatic rings. The molecular formula is C13H23NO2. The Hall–Kier alpha value is -0.830. The van der Waals surface area contributed by atoms with E-state index in [1.54, 1.807) is 0 Å². The fourth-order valence-corrected chi connectivity index (χ4v) is 1.79. The predicted molar refractivity (Wildman–Crippen MR) is 65.2 cm³/mol. The predicted octanol–water partition coefficient (Wildman–Crippen LogP) is 2.27. The summed E-state index contributed by atoms with van der Waals surface area (Å²) in [5, 5.41) is 2.93. The number of carbonyl (C=O) groups excluding carboxylic acids is 1. The van der Waals surface area contributed by atoms with Gasteiger partial charge in [0.25, 0.3) is 0 Å². The molecule has 0 aromatic carbocycles. The van der Waals surface area contributed by atoms with Crippen LogP contribution in [0.3, 0.4) is 0 Å². The van der Waals surface area contributed by atoms with Crippen LogP contribution in [0.25, 0.3) is 0 Å². The molecule has 16 heavy (non-hydrogen) atoms. The van der Waals surface area contributed by atoms with E-state index < -0.39 is 0 Å². The van der Waals surface area contributed by atoms with Crippen molar-refractivity contribution in [1.82, 2.24) is 5.32 Å². The number of hydrogen-bond donors (Lipinski definition) is 1. The monoisotopic (exact) mass is 225 g/mol. The van der Waals surface area contributed by atoms with E-state index in [1.165, 1.54) is 0 Å². The van der Waals surface area contributed by atoms with Crippen molar-refractivity contribution >= 4 is 5.91 Å². The average Bonchev–Trinajstić information content (AvgIpc) is 2.69. The van der Waals surface area contributed by atoms with E-state index in [0.29, 0.717) is 12.3 Å². The number of rotatable bonds is 7. The molecule has 0 spiro atoms. The minimum absolute atomic E-state index is 0.168. The van der Waals surface area contributed by atoms with Gasteiger partial charge >= 0.3 is 0 Å². The van der Waals surface area contributed by atoms with Gasteiger partial charge in [-0.2, -0.15) is 0 Å². The third-order valence-corrected chi connectivity index (χ3v) is 2.65. The molecule has 92 valence electrons. The summed E-state index contributed by atoms with van der Waals surface area (Å²) in [5.41, 5.74) is 0. The fourth-order valence-electron chi connectivity index (χ4n) is 1.79. The molecule has 1 N–H and O–H groups in total. The van der Waals surface area contributed by atoms with Gasteiger partial charge in [-0.3, -0.25) is 4.79 Å². The average molecular weight is 225 g/mol. The fraction of sp³-hybridized carbons (Fsp3) is 0.769. The second-order valence-corrected chi connectivity index (χ2v) is 4.59. The first kappa shape index (κ1) is 13.2. The molecule has 1 amide bonds. The highest BCUT2D eigenvalue weighted by atomic mass is 16.5. The van der Waals surface area contributed by atoms with Crippen LogP contribution in [0.2, 0.25) is 0 Å². The summed E-state index contributed by atoms with van der Waals surface area (Å²) in [6.07, 6.45) is 8.38. The molecule has 0 aromatic heterocycles. The number of carbonyl (C=O) groups is 1. The van der Waals surface area contributed by atoms with Gasteiger partial charge in [0.05, 0.1) is 6.10 Å². The summed E-state index contributed by atoms with van der Waals surface area (Å²) < 4.78 is 5.39. The molecule has 0 saturated heterocycles. The van der Waals surface area contributed by atoms with Crippen molar-refractivity contribution in [3.63, 3.8) is 0 Å². The van der Waals surface area contributed by atoms with Crippen molar-refractivity contribution in [2.45, 2.75) is 45.6 Å². The number of amides is 1. The lowest BCUT2D eigenvalue weighted by atomic mass is 10.1. The Balaban J connectivity index is 1.95. The van der Waals surface area contributed by atoms with Crippen LogP contribution in [0.5, 0.6) is 0 Å². The van der Waals surface area contributed by atoms with Crippen LogP contribution in [-0.2, 0) is 9.53 Å². The molecule has 0 aliphatic heterocycles. The van der Waals surface area contributed by atoms with Crippen molar-refractivity contribution in [2.75, 3.05) is 13.2 Å². The highest BCUT2D eigenvalue weighted by Crippen LogP contribution is 2.19. The molecule has 1 rings (SSSR count). The molecule has 1 aliphatic rings. The van der Waals surface area contributed by atoms with E-state index in [1.807, 2.05) is 13.8 Å². The number of hydrogen-bond acceptors (Lipinski definition) is 2. The van der Waals surface area contributed by atoms with Crippen LogP contribution < -0.4 is 5.32 Å². The van der Waals surface area contributed by atoms with Crippen LogP contribution in [-0.4, -0.2) is 25.2 Å². The van der Waals surface area contributed by atoms with E-state index in [-0.39, 0.29) is 12.0 Å². The molecule has 0 bridgehead atoms. The third-order valence-electron chi connectivity index (χ3n) is 2.65. The van der Waals surface area contributed by atoms with Gasteiger partial charge in [0.2, 0.25) is 5.91 Å². The summed E-state index contributed by atoms with van der Waals surface area (Å²) in [6, 6.07) is 0. The zero-order chi connectivity index (χ0) is 11.8. The molecule has 3 nitrogen and oxygen atoms in total. The minimum Gasteiger partial charge on any atom is -0.379 e. The van der Waals surface area contributed by atoms with Gasteiger partial charge in [-0.15, -0.1) is 0 Å². The van der Waals surface area contributed by atoms with Gasteiger partial charge in [-0.1, -0.05) is 12.2 Å². The van der Waals surface area contributed by atoms with Gasteiger partial charge in [-0.25, -0.2) is 0 Å². The smallest absolute Gasteiger partial charge is 0.220 e. The second kappa shape index (κ2) is 7.44. The maximum absolute atomic E-state index is 11.5. The molecule has 1 aliphatic carbocycles. The topological polar surface area (TPSA) is 38.3 Å². The Morgan fingerprint density at radius 1 is 1.56 bits per heavy atom. The zero-order valence-corrected chi connectivity index (χ0v) is 10.4. The molecule has 0 saturated carbocycles. The van der Waals surface area contributed by atoms with E-state index in [2.05, 4.69) is 17.5 Å². The van der Waals surface area contributed by atoms with E-state index in [9.17, 15) is 4.79 Å². The van der Waals surface area contributed by atoms with Crippen molar-refractivity contribution in [2.24, 2.45) is 5.92 Å². The third kappa shape index (κ3) is 5.91. The van der Waals surface area contributed by atoms with Crippen LogP contribution >= 0.6 is 0 Å². The van der Waals surface area contributed by atoms with E-state index in [0.717, 1.165) is 32.4 Å². The zero-order valence-electron chi connectivity index (χ0n) is 10.4. The van der Waals surface area contributed by atoms with Crippen molar-refractivity contribution < 1.29 is 9.53 Å². The van der Waals surface area contributed by atoms with Gasteiger partial charge < -0.3 is 10.1 Å². The number of ether oxygens (including phenoxy) is 1. The molecule has 1 unspecified atom stereocenters. The molecule has 0 radical (unpaired) electrons. The van der Waals surface area contributed by atoms with E-state index >= 15 is 0 Å². The quantitative estimate of drug-likeness (QED) is 0.533. The maximum Gasteiger partial charge on any atom is 0.220 e. The summed E-state index contributed by atoms with van der Waals surface area (Å²) >= 11 is 0. The lowest BCUT2D eigenvalue weighted by molar-refractivity contribution is -0.121. The summed E-state index contributed by atoms with van der Waals surface area (Å²) in [5.74, 6) is 0.632. The highest BCUT2D eigenvalue weighted by molar-refractivity contribution is 5.76. The summed E-state index contributed by atoms with van der Waals surface area (Å²) in [7, 11) is 0. The standard InChI is InChI=1S/C13H23NO2/c1-11(2)16-9-5-8-14-13(15)10-12-6-3-4-7-12/h3,6,11-12H,4-5,7-10H2,1-2H3,(H,14,15). The normalized spacial score (nSPS) is 19.3. The first-order valence-corrected chi connectivity index (χ1v) is 6.23. The Morgan fingerprint density at radius 2 is 2.38 bits per heavy atom. The first-order chi connectivity index (χ1) is 7.68. The molecule has 0 heterocycles. The first-order valence-electron chi connectivity index (χ1n) is 6.23. The Morgan fingerprint density at radius 3 is 3.00 bits per heavy atom. The van der Waals surface area contributed by atoms with Gasteiger partial charge in [-0.05, 0) is 39.0 Å². The molecule has 3 heteroatoms. The molecular weight excluding hydrogens is 202 g/mol.